The Hall–Kier alpha value is -2.89. The van der Waals surface area contributed by atoms with Crippen LogP contribution < -0.4 is 14.8 Å². The molecule has 0 spiro atoms. The highest BCUT2D eigenvalue weighted by molar-refractivity contribution is 5.82. The van der Waals surface area contributed by atoms with E-state index in [4.69, 9.17) is 9.47 Å². The molecule has 0 aliphatic carbocycles. The van der Waals surface area contributed by atoms with E-state index in [0.717, 1.165) is 16.6 Å². The van der Waals surface area contributed by atoms with Gasteiger partial charge in [0.15, 0.2) is 0 Å². The number of fused-ring (bicyclic) bond motifs is 1. The number of nitrogens with one attached hydrogen (secondary N) is 1. The summed E-state index contributed by atoms with van der Waals surface area (Å²) in [5.74, 6) is 1.90. The van der Waals surface area contributed by atoms with Crippen LogP contribution in [0.1, 0.15) is 0 Å². The molecule has 5 nitrogen and oxygen atoms in total. The van der Waals surface area contributed by atoms with Crippen LogP contribution in [0.4, 0.5) is 15.9 Å². The first-order valence-corrected chi connectivity index (χ1v) is 7.15. The Balaban J connectivity index is 1.79. The fourth-order valence-electron chi connectivity index (χ4n) is 2.14. The molecule has 6 heteroatoms. The molecular formula is C17H16FN3O2. The lowest BCUT2D eigenvalue weighted by Crippen LogP contribution is -1.99. The molecule has 0 aliphatic heterocycles. The lowest BCUT2D eigenvalue weighted by atomic mass is 10.2. The number of hydrogen-bond donors (Lipinski definition) is 1. The Bertz CT molecular complexity index is 793. The molecule has 0 amide bonds. The van der Waals surface area contributed by atoms with Crippen LogP contribution in [0, 0.1) is 0 Å². The molecule has 1 N–H and O–H groups in total. The highest BCUT2D eigenvalue weighted by Gasteiger charge is 2.02. The molecular weight excluding hydrogens is 297 g/mol. The van der Waals surface area contributed by atoms with Gasteiger partial charge in [0.2, 0.25) is 5.88 Å². The van der Waals surface area contributed by atoms with Gasteiger partial charge in [-0.2, -0.15) is 0 Å². The van der Waals surface area contributed by atoms with Crippen LogP contribution >= 0.6 is 0 Å². The van der Waals surface area contributed by atoms with Crippen molar-refractivity contribution in [3.63, 3.8) is 0 Å². The topological polar surface area (TPSA) is 56.3 Å². The number of halogens is 1. The van der Waals surface area contributed by atoms with Gasteiger partial charge in [-0.05, 0) is 36.4 Å². The lowest BCUT2D eigenvalue weighted by molar-refractivity contribution is 0.273. The summed E-state index contributed by atoms with van der Waals surface area (Å²) in [7, 11) is 1.58. The van der Waals surface area contributed by atoms with Crippen LogP contribution in [0.15, 0.2) is 48.7 Å². The minimum atomic E-state index is -0.505. The molecule has 1 aromatic carbocycles. The monoisotopic (exact) mass is 313 g/mol. The number of pyridine rings is 2. The number of ether oxygens (including phenoxy) is 2. The number of alkyl halides is 1. The van der Waals surface area contributed by atoms with Crippen molar-refractivity contribution in [1.82, 2.24) is 9.97 Å². The Morgan fingerprint density at radius 1 is 1.13 bits per heavy atom. The SMILES string of the molecule is COc1ccc(Nc2ccc3cc(OCCF)ccc3n2)cn1. The number of hydrogen-bond acceptors (Lipinski definition) is 5. The number of benzene rings is 1. The van der Waals surface area contributed by atoms with Crippen molar-refractivity contribution < 1.29 is 13.9 Å². The predicted molar refractivity (Wildman–Crippen MR) is 87.3 cm³/mol. The second-order valence-corrected chi connectivity index (χ2v) is 4.80. The summed E-state index contributed by atoms with van der Waals surface area (Å²) >= 11 is 0. The van der Waals surface area contributed by atoms with E-state index < -0.39 is 6.67 Å². The predicted octanol–water partition coefficient (Wildman–Crippen LogP) is 3.73. The largest absolute Gasteiger partial charge is 0.491 e. The minimum Gasteiger partial charge on any atom is -0.491 e. The zero-order valence-corrected chi connectivity index (χ0v) is 12.6. The van der Waals surface area contributed by atoms with E-state index in [1.165, 1.54) is 0 Å². The number of methoxy groups -OCH3 is 1. The zero-order valence-electron chi connectivity index (χ0n) is 12.6. The first kappa shape index (κ1) is 15.0. The third kappa shape index (κ3) is 3.66. The molecule has 23 heavy (non-hydrogen) atoms. The van der Waals surface area contributed by atoms with Gasteiger partial charge in [-0.1, -0.05) is 0 Å². The Morgan fingerprint density at radius 2 is 2.04 bits per heavy atom. The second kappa shape index (κ2) is 6.91. The van der Waals surface area contributed by atoms with Crippen molar-refractivity contribution in [2.24, 2.45) is 0 Å². The van der Waals surface area contributed by atoms with Gasteiger partial charge < -0.3 is 14.8 Å². The number of aromatic nitrogens is 2. The smallest absolute Gasteiger partial charge is 0.213 e. The summed E-state index contributed by atoms with van der Waals surface area (Å²) in [5.41, 5.74) is 1.64. The average Bonchev–Trinajstić information content (AvgIpc) is 2.60. The molecule has 0 fully saturated rings. The van der Waals surface area contributed by atoms with E-state index in [1.54, 1.807) is 25.4 Å². The van der Waals surface area contributed by atoms with E-state index in [2.05, 4.69) is 15.3 Å². The lowest BCUT2D eigenvalue weighted by Gasteiger charge is -2.08. The normalized spacial score (nSPS) is 10.5. The molecule has 2 aromatic heterocycles. The summed E-state index contributed by atoms with van der Waals surface area (Å²) < 4.78 is 22.4. The quantitative estimate of drug-likeness (QED) is 0.751. The second-order valence-electron chi connectivity index (χ2n) is 4.80. The number of rotatable bonds is 6. The van der Waals surface area contributed by atoms with Crippen molar-refractivity contribution in [3.8, 4) is 11.6 Å². The molecule has 2 heterocycles. The molecule has 0 atom stereocenters. The molecule has 3 rings (SSSR count). The maximum atomic E-state index is 12.1. The Kier molecular flexibility index (Phi) is 4.52. The van der Waals surface area contributed by atoms with Gasteiger partial charge in [-0.25, -0.2) is 14.4 Å². The fraction of sp³-hybridized carbons (Fsp3) is 0.176. The number of anilines is 2. The van der Waals surface area contributed by atoms with Gasteiger partial charge in [-0.3, -0.25) is 0 Å². The van der Waals surface area contributed by atoms with Crippen molar-refractivity contribution in [2.75, 3.05) is 25.7 Å². The van der Waals surface area contributed by atoms with Crippen molar-refractivity contribution in [2.45, 2.75) is 0 Å². The zero-order chi connectivity index (χ0) is 16.1. The average molecular weight is 313 g/mol. The van der Waals surface area contributed by atoms with E-state index >= 15 is 0 Å². The Labute approximate surface area is 133 Å². The fourth-order valence-corrected chi connectivity index (χ4v) is 2.14. The number of nitrogens with zero attached hydrogens (tertiary/aromatic N) is 2. The van der Waals surface area contributed by atoms with E-state index in [0.29, 0.717) is 17.4 Å². The Morgan fingerprint density at radius 3 is 2.78 bits per heavy atom. The first-order valence-electron chi connectivity index (χ1n) is 7.15. The van der Waals surface area contributed by atoms with Crippen molar-refractivity contribution in [3.05, 3.63) is 48.7 Å². The third-order valence-corrected chi connectivity index (χ3v) is 3.22. The van der Waals surface area contributed by atoms with Gasteiger partial charge in [0.1, 0.15) is 24.8 Å². The molecule has 0 unspecified atom stereocenters. The summed E-state index contributed by atoms with van der Waals surface area (Å²) in [4.78, 5) is 8.67. The van der Waals surface area contributed by atoms with Crippen molar-refractivity contribution >= 4 is 22.4 Å². The maximum Gasteiger partial charge on any atom is 0.213 e. The van der Waals surface area contributed by atoms with Crippen LogP contribution in [0.3, 0.4) is 0 Å². The first-order chi connectivity index (χ1) is 11.3. The van der Waals surface area contributed by atoms with E-state index in [-0.39, 0.29) is 6.61 Å². The molecule has 0 aliphatic rings. The van der Waals surface area contributed by atoms with E-state index in [1.807, 2.05) is 30.3 Å². The standard InChI is InChI=1S/C17H16FN3O2/c1-22-17-7-3-13(11-19-17)20-16-6-2-12-10-14(23-9-8-18)4-5-15(12)21-16/h2-7,10-11H,8-9H2,1H3,(H,20,21). The third-order valence-electron chi connectivity index (χ3n) is 3.22. The molecule has 118 valence electrons. The molecule has 3 aromatic rings. The summed E-state index contributed by atoms with van der Waals surface area (Å²) in [5, 5.41) is 4.12. The molecule has 0 saturated heterocycles. The van der Waals surface area contributed by atoms with E-state index in [9.17, 15) is 4.39 Å². The highest BCUT2D eigenvalue weighted by Crippen LogP contribution is 2.23. The summed E-state index contributed by atoms with van der Waals surface area (Å²) in [6.45, 7) is -0.446. The van der Waals surface area contributed by atoms with Gasteiger partial charge in [0, 0.05) is 11.5 Å². The summed E-state index contributed by atoms with van der Waals surface area (Å²) in [6, 6.07) is 12.9. The van der Waals surface area contributed by atoms with Crippen LogP contribution in [-0.4, -0.2) is 30.4 Å². The maximum absolute atomic E-state index is 12.1. The van der Waals surface area contributed by atoms with Crippen molar-refractivity contribution in [1.29, 1.82) is 0 Å². The van der Waals surface area contributed by atoms with Gasteiger partial charge in [-0.15, -0.1) is 0 Å². The van der Waals surface area contributed by atoms with Crippen LogP contribution in [0.25, 0.3) is 10.9 Å². The van der Waals surface area contributed by atoms with Gasteiger partial charge in [0.25, 0.3) is 0 Å². The molecule has 0 bridgehead atoms. The highest BCUT2D eigenvalue weighted by atomic mass is 19.1. The summed E-state index contributed by atoms with van der Waals surface area (Å²) in [6.07, 6.45) is 1.68. The minimum absolute atomic E-state index is 0.0586. The molecule has 0 radical (unpaired) electrons. The van der Waals surface area contributed by atoms with Crippen LogP contribution in [-0.2, 0) is 0 Å². The molecule has 0 saturated carbocycles. The van der Waals surface area contributed by atoms with Gasteiger partial charge >= 0.3 is 0 Å². The van der Waals surface area contributed by atoms with Crippen LogP contribution in [0.2, 0.25) is 0 Å². The van der Waals surface area contributed by atoms with Crippen LogP contribution in [0.5, 0.6) is 11.6 Å². The van der Waals surface area contributed by atoms with Gasteiger partial charge in [0.05, 0.1) is 24.5 Å².